The van der Waals surface area contributed by atoms with Crippen LogP contribution in [0.3, 0.4) is 0 Å². The van der Waals surface area contributed by atoms with Crippen molar-refractivity contribution >= 4 is 47.0 Å². The highest BCUT2D eigenvalue weighted by Gasteiger charge is 2.40. The number of nitrogens with one attached hydrogen (secondary N) is 2. The highest BCUT2D eigenvalue weighted by molar-refractivity contribution is 7.99. The summed E-state index contributed by atoms with van der Waals surface area (Å²) < 4.78 is 20.7. The minimum atomic E-state index is -0.937. The summed E-state index contributed by atoms with van der Waals surface area (Å²) in [5, 5.41) is 6.15. The lowest BCUT2D eigenvalue weighted by Crippen LogP contribution is -2.50. The topological polar surface area (TPSA) is 87.7 Å². The predicted molar refractivity (Wildman–Crippen MR) is 158 cm³/mol. The fraction of sp³-hybridized carbons (Fsp3) is 0.323. The number of anilines is 1. The van der Waals surface area contributed by atoms with Crippen LogP contribution in [0.15, 0.2) is 71.6 Å². The first-order chi connectivity index (χ1) is 19.5. The molecule has 10 heteroatoms. The van der Waals surface area contributed by atoms with Gasteiger partial charge in [-0.2, -0.15) is 0 Å². The number of thioether (sulfide) groups is 1. The van der Waals surface area contributed by atoms with E-state index in [0.717, 1.165) is 17.5 Å². The highest BCUT2D eigenvalue weighted by Crippen LogP contribution is 2.41. The molecule has 5 rings (SSSR count). The second-order valence-electron chi connectivity index (χ2n) is 11.2. The van der Waals surface area contributed by atoms with E-state index in [1.165, 1.54) is 28.8 Å². The van der Waals surface area contributed by atoms with Crippen molar-refractivity contribution in [3.63, 3.8) is 0 Å². The summed E-state index contributed by atoms with van der Waals surface area (Å²) in [5.41, 5.74) is 1.40. The SMILES string of the molecule is CC(C)(C)OC(=O)N[C@H]1CSc2cc(F)c(C(=O)N[C@H]3C[C@@H]3c3ccccc3)cc2N(Cc2ccc(Cl)cc2)C1=O. The van der Waals surface area contributed by atoms with Crippen LogP contribution in [-0.2, 0) is 16.1 Å². The third-order valence-electron chi connectivity index (χ3n) is 6.83. The molecular weight excluding hydrogens is 565 g/mol. The van der Waals surface area contributed by atoms with E-state index in [0.29, 0.717) is 15.6 Å². The summed E-state index contributed by atoms with van der Waals surface area (Å²) in [4.78, 5) is 41.6. The molecule has 1 heterocycles. The predicted octanol–water partition coefficient (Wildman–Crippen LogP) is 6.30. The lowest BCUT2D eigenvalue weighted by Gasteiger charge is -2.27. The summed E-state index contributed by atoms with van der Waals surface area (Å²) in [6, 6.07) is 18.6. The zero-order valence-corrected chi connectivity index (χ0v) is 24.5. The Bertz CT molecular complexity index is 1460. The highest BCUT2D eigenvalue weighted by atomic mass is 35.5. The van der Waals surface area contributed by atoms with Crippen LogP contribution in [0.5, 0.6) is 0 Å². The molecule has 0 aromatic heterocycles. The fourth-order valence-electron chi connectivity index (χ4n) is 4.75. The van der Waals surface area contributed by atoms with E-state index in [2.05, 4.69) is 10.6 Å². The minimum Gasteiger partial charge on any atom is -0.444 e. The molecule has 1 aliphatic heterocycles. The zero-order chi connectivity index (χ0) is 29.3. The Morgan fingerprint density at radius 3 is 2.46 bits per heavy atom. The molecule has 0 spiro atoms. The quantitative estimate of drug-likeness (QED) is 0.349. The van der Waals surface area contributed by atoms with E-state index in [4.69, 9.17) is 16.3 Å². The van der Waals surface area contributed by atoms with Gasteiger partial charge in [-0.3, -0.25) is 9.59 Å². The molecule has 1 saturated carbocycles. The van der Waals surface area contributed by atoms with Crippen LogP contribution in [0.4, 0.5) is 14.9 Å². The maximum Gasteiger partial charge on any atom is 0.408 e. The molecular formula is C31H31ClFN3O4S. The van der Waals surface area contributed by atoms with Gasteiger partial charge < -0.3 is 20.3 Å². The number of alkyl carbamates (subject to hydrolysis) is 1. The van der Waals surface area contributed by atoms with E-state index in [1.54, 1.807) is 45.0 Å². The molecule has 0 unspecified atom stereocenters. The number of hydrogen-bond donors (Lipinski definition) is 2. The van der Waals surface area contributed by atoms with E-state index < -0.39 is 35.4 Å². The van der Waals surface area contributed by atoms with Crippen LogP contribution < -0.4 is 15.5 Å². The van der Waals surface area contributed by atoms with E-state index in [1.807, 2.05) is 30.3 Å². The number of hydrogen-bond acceptors (Lipinski definition) is 5. The summed E-state index contributed by atoms with van der Waals surface area (Å²) in [7, 11) is 0. The molecule has 7 nitrogen and oxygen atoms in total. The minimum absolute atomic E-state index is 0.0910. The molecule has 2 aliphatic rings. The van der Waals surface area contributed by atoms with Crippen molar-refractivity contribution < 1.29 is 23.5 Å². The molecule has 0 saturated heterocycles. The van der Waals surface area contributed by atoms with Gasteiger partial charge in [0.1, 0.15) is 17.5 Å². The Hall–Kier alpha value is -3.56. The van der Waals surface area contributed by atoms with Crippen molar-refractivity contribution in [3.05, 3.63) is 94.3 Å². The number of fused-ring (bicyclic) bond motifs is 1. The number of ether oxygens (including phenoxy) is 1. The monoisotopic (exact) mass is 595 g/mol. The van der Waals surface area contributed by atoms with Crippen LogP contribution >= 0.6 is 23.4 Å². The van der Waals surface area contributed by atoms with E-state index >= 15 is 4.39 Å². The Morgan fingerprint density at radius 1 is 1.07 bits per heavy atom. The first-order valence-electron chi connectivity index (χ1n) is 13.4. The largest absolute Gasteiger partial charge is 0.444 e. The van der Waals surface area contributed by atoms with Gasteiger partial charge >= 0.3 is 6.09 Å². The van der Waals surface area contributed by atoms with Gasteiger partial charge in [0.2, 0.25) is 0 Å². The molecule has 214 valence electrons. The Morgan fingerprint density at radius 2 is 1.78 bits per heavy atom. The number of amides is 3. The van der Waals surface area contributed by atoms with Gasteiger partial charge in [0, 0.05) is 27.6 Å². The molecule has 3 atom stereocenters. The van der Waals surface area contributed by atoms with Crippen LogP contribution in [0.25, 0.3) is 0 Å². The van der Waals surface area contributed by atoms with Crippen molar-refractivity contribution in [1.29, 1.82) is 0 Å². The van der Waals surface area contributed by atoms with E-state index in [9.17, 15) is 14.4 Å². The number of carbonyl (C=O) groups excluding carboxylic acids is 3. The normalized spacial score (nSPS) is 20.1. The van der Waals surface area contributed by atoms with Crippen LogP contribution in [0.1, 0.15) is 54.6 Å². The molecule has 0 radical (unpaired) electrons. The molecule has 1 fully saturated rings. The van der Waals surface area contributed by atoms with Crippen molar-refractivity contribution in [2.75, 3.05) is 10.7 Å². The molecule has 0 bridgehead atoms. The number of rotatable bonds is 6. The maximum absolute atomic E-state index is 15.4. The molecule has 41 heavy (non-hydrogen) atoms. The number of halogens is 2. The lowest BCUT2D eigenvalue weighted by molar-refractivity contribution is -0.120. The first-order valence-corrected chi connectivity index (χ1v) is 14.7. The summed E-state index contributed by atoms with van der Waals surface area (Å²) in [5.74, 6) is -1.27. The van der Waals surface area contributed by atoms with Gasteiger partial charge in [-0.25, -0.2) is 9.18 Å². The number of benzene rings is 3. The lowest BCUT2D eigenvalue weighted by atomic mass is 10.1. The maximum atomic E-state index is 15.4. The molecule has 2 N–H and O–H groups in total. The summed E-state index contributed by atoms with van der Waals surface area (Å²) >= 11 is 7.29. The molecule has 1 aliphatic carbocycles. The molecule has 3 aromatic rings. The average molecular weight is 596 g/mol. The first kappa shape index (κ1) is 29.0. The fourth-order valence-corrected chi connectivity index (χ4v) is 5.96. The van der Waals surface area contributed by atoms with Crippen molar-refractivity contribution in [1.82, 2.24) is 10.6 Å². The smallest absolute Gasteiger partial charge is 0.408 e. The zero-order valence-electron chi connectivity index (χ0n) is 22.9. The molecule has 3 amide bonds. The second kappa shape index (κ2) is 11.7. The van der Waals surface area contributed by atoms with Crippen molar-refractivity contribution in [3.8, 4) is 0 Å². The van der Waals surface area contributed by atoms with Gasteiger partial charge in [0.15, 0.2) is 0 Å². The Kier molecular flexibility index (Phi) is 8.29. The van der Waals surface area contributed by atoms with Crippen LogP contribution in [0.2, 0.25) is 5.02 Å². The van der Waals surface area contributed by atoms with Gasteiger partial charge in [-0.1, -0.05) is 54.1 Å². The number of carbonyl (C=O) groups is 3. The summed E-state index contributed by atoms with van der Waals surface area (Å²) in [6.07, 6.45) is 0.0506. The van der Waals surface area contributed by atoms with Gasteiger partial charge in [0.05, 0.1) is 17.8 Å². The second-order valence-corrected chi connectivity index (χ2v) is 12.7. The van der Waals surface area contributed by atoms with Crippen molar-refractivity contribution in [2.45, 2.75) is 62.2 Å². The Labute approximate surface area is 247 Å². The van der Waals surface area contributed by atoms with Crippen LogP contribution in [-0.4, -0.2) is 41.3 Å². The third kappa shape index (κ3) is 7.02. The standard InChI is InChI=1S/C31H31ClFN3O4S/c1-31(2,3)40-30(39)35-25-17-41-27-15-23(33)22(28(37)34-24-13-21(24)19-7-5-4-6-8-19)14-26(27)36(29(25)38)16-18-9-11-20(32)12-10-18/h4-12,14-15,21,24-25H,13,16-17H2,1-3H3,(H,34,37)(H,35,39)/t21-,24+,25+/m1/s1. The Balaban J connectivity index is 1.42. The van der Waals surface area contributed by atoms with Crippen molar-refractivity contribution in [2.24, 2.45) is 0 Å². The summed E-state index contributed by atoms with van der Waals surface area (Å²) in [6.45, 7) is 5.33. The van der Waals surface area contributed by atoms with Gasteiger partial charge in [-0.15, -0.1) is 11.8 Å². The number of nitrogens with zero attached hydrogens (tertiary/aromatic N) is 1. The van der Waals surface area contributed by atoms with Gasteiger partial charge in [-0.05, 0) is 62.6 Å². The molecule has 3 aromatic carbocycles. The van der Waals surface area contributed by atoms with E-state index in [-0.39, 0.29) is 29.8 Å². The third-order valence-corrected chi connectivity index (χ3v) is 8.22. The van der Waals surface area contributed by atoms with Gasteiger partial charge in [0.25, 0.3) is 11.8 Å². The van der Waals surface area contributed by atoms with Crippen LogP contribution in [0, 0.1) is 5.82 Å². The average Bonchev–Trinajstić information content (AvgIpc) is 3.70.